The third-order valence-corrected chi connectivity index (χ3v) is 4.84. The number of nitrogens with one attached hydrogen (secondary N) is 1. The Bertz CT molecular complexity index is 891. The minimum absolute atomic E-state index is 0.149. The lowest BCUT2D eigenvalue weighted by atomic mass is 9.98. The molecule has 1 N–H and O–H groups in total. The first kappa shape index (κ1) is 16.4. The van der Waals surface area contributed by atoms with Crippen molar-refractivity contribution in [1.29, 1.82) is 0 Å². The summed E-state index contributed by atoms with van der Waals surface area (Å²) < 4.78 is 28.5. The first-order valence-corrected chi connectivity index (χ1v) is 9.41. The molecule has 0 bridgehead atoms. The molecule has 24 heavy (non-hydrogen) atoms. The number of hydrogen-bond donors (Lipinski definition) is 1. The second-order valence-electron chi connectivity index (χ2n) is 5.56. The molecule has 0 radical (unpaired) electrons. The van der Waals surface area contributed by atoms with E-state index in [1.807, 2.05) is 36.4 Å². The molecule has 0 fully saturated rings. The molecule has 0 spiro atoms. The van der Waals surface area contributed by atoms with E-state index in [2.05, 4.69) is 10.5 Å². The fourth-order valence-electron chi connectivity index (χ4n) is 2.53. The van der Waals surface area contributed by atoms with Gasteiger partial charge in [0.25, 0.3) is 0 Å². The lowest BCUT2D eigenvalue weighted by molar-refractivity contribution is 0.407. The van der Waals surface area contributed by atoms with Crippen molar-refractivity contribution in [2.24, 2.45) is 0 Å². The number of rotatable bonds is 6. The largest absolute Gasteiger partial charge is 0.364 e. The van der Waals surface area contributed by atoms with Gasteiger partial charge in [0.2, 0.25) is 0 Å². The van der Waals surface area contributed by atoms with Crippen molar-refractivity contribution < 1.29 is 12.9 Å². The monoisotopic (exact) mass is 342 g/mol. The number of benzene rings is 2. The van der Waals surface area contributed by atoms with Crippen LogP contribution >= 0.6 is 0 Å². The van der Waals surface area contributed by atoms with Gasteiger partial charge in [0.05, 0.1) is 16.6 Å². The van der Waals surface area contributed by atoms with E-state index in [1.165, 1.54) is 12.5 Å². The van der Waals surface area contributed by atoms with E-state index in [1.54, 1.807) is 24.3 Å². The Hall–Kier alpha value is -2.44. The minimum Gasteiger partial charge on any atom is -0.364 e. The van der Waals surface area contributed by atoms with Crippen LogP contribution in [-0.4, -0.2) is 19.8 Å². The van der Waals surface area contributed by atoms with Gasteiger partial charge in [-0.2, -0.15) is 0 Å². The van der Waals surface area contributed by atoms with E-state index in [0.717, 1.165) is 16.8 Å². The quantitative estimate of drug-likeness (QED) is 0.746. The average molecular weight is 342 g/mol. The van der Waals surface area contributed by atoms with E-state index in [-0.39, 0.29) is 6.04 Å². The van der Waals surface area contributed by atoms with Crippen LogP contribution in [0, 0.1) is 0 Å². The molecule has 1 atom stereocenters. The number of aromatic nitrogens is 1. The molecule has 0 aliphatic rings. The van der Waals surface area contributed by atoms with E-state index in [4.69, 9.17) is 4.52 Å². The molecule has 124 valence electrons. The van der Waals surface area contributed by atoms with Crippen LogP contribution in [0.1, 0.15) is 22.9 Å². The number of hydrogen-bond acceptors (Lipinski definition) is 5. The van der Waals surface area contributed by atoms with Crippen LogP contribution in [0.5, 0.6) is 0 Å². The molecule has 0 aliphatic heterocycles. The molecule has 1 aromatic heterocycles. The second kappa shape index (κ2) is 6.98. The zero-order chi connectivity index (χ0) is 17.0. The van der Waals surface area contributed by atoms with Crippen LogP contribution in [-0.2, 0) is 16.4 Å². The van der Waals surface area contributed by atoms with Crippen LogP contribution in [0.2, 0.25) is 0 Å². The smallest absolute Gasteiger partial charge is 0.175 e. The third-order valence-electron chi connectivity index (χ3n) is 3.73. The fourth-order valence-corrected chi connectivity index (χ4v) is 3.21. The molecule has 6 heteroatoms. The molecular weight excluding hydrogens is 324 g/mol. The lowest BCUT2D eigenvalue weighted by Gasteiger charge is -2.20. The zero-order valence-corrected chi connectivity index (χ0v) is 14.0. The van der Waals surface area contributed by atoms with Crippen LogP contribution in [0.3, 0.4) is 0 Å². The van der Waals surface area contributed by atoms with Crippen molar-refractivity contribution in [2.45, 2.75) is 17.5 Å². The van der Waals surface area contributed by atoms with Crippen molar-refractivity contribution in [2.75, 3.05) is 6.26 Å². The predicted octanol–water partition coefficient (Wildman–Crippen LogP) is 2.96. The summed E-state index contributed by atoms with van der Waals surface area (Å²) in [6.07, 6.45) is 2.74. The molecular formula is C18H18N2O3S. The van der Waals surface area contributed by atoms with Gasteiger partial charge in [0.1, 0.15) is 6.26 Å². The molecule has 1 heterocycles. The van der Waals surface area contributed by atoms with Crippen molar-refractivity contribution in [3.05, 3.63) is 83.7 Å². The number of sulfone groups is 1. The second-order valence-corrected chi connectivity index (χ2v) is 7.58. The Morgan fingerprint density at radius 2 is 1.79 bits per heavy atom. The average Bonchev–Trinajstić information content (AvgIpc) is 3.09. The summed E-state index contributed by atoms with van der Waals surface area (Å²) >= 11 is 0. The highest BCUT2D eigenvalue weighted by molar-refractivity contribution is 7.90. The Morgan fingerprint density at radius 1 is 1.04 bits per heavy atom. The highest BCUT2D eigenvalue weighted by Gasteiger charge is 2.16. The van der Waals surface area contributed by atoms with E-state index < -0.39 is 9.84 Å². The van der Waals surface area contributed by atoms with Crippen LogP contribution in [0.25, 0.3) is 0 Å². The van der Waals surface area contributed by atoms with E-state index in [9.17, 15) is 8.42 Å². The Kier molecular flexibility index (Phi) is 4.78. The summed E-state index contributed by atoms with van der Waals surface area (Å²) in [6, 6.07) is 18.5. The highest BCUT2D eigenvalue weighted by atomic mass is 32.2. The fraction of sp³-hybridized carbons (Fsp3) is 0.167. The van der Waals surface area contributed by atoms with E-state index >= 15 is 0 Å². The van der Waals surface area contributed by atoms with Gasteiger partial charge in [-0.25, -0.2) is 8.42 Å². The maximum absolute atomic E-state index is 11.8. The SMILES string of the molecule is CS(=O)(=O)c1cccc(C(NCc2ccon2)c2ccccc2)c1. The summed E-state index contributed by atoms with van der Waals surface area (Å²) in [4.78, 5) is 0.309. The van der Waals surface area contributed by atoms with E-state index in [0.29, 0.717) is 11.4 Å². The van der Waals surface area contributed by atoms with Gasteiger partial charge in [0.15, 0.2) is 9.84 Å². The van der Waals surface area contributed by atoms with Crippen molar-refractivity contribution >= 4 is 9.84 Å². The Morgan fingerprint density at radius 3 is 2.46 bits per heavy atom. The molecule has 0 saturated heterocycles. The molecule has 0 saturated carbocycles. The maximum atomic E-state index is 11.8. The summed E-state index contributed by atoms with van der Waals surface area (Å²) in [5, 5.41) is 7.32. The molecule has 3 rings (SSSR count). The van der Waals surface area contributed by atoms with Crippen LogP contribution in [0.15, 0.2) is 76.3 Å². The molecule has 2 aromatic carbocycles. The Balaban J connectivity index is 1.95. The summed E-state index contributed by atoms with van der Waals surface area (Å²) in [5.41, 5.74) is 2.72. The zero-order valence-electron chi connectivity index (χ0n) is 13.2. The standard InChI is InChI=1S/C18H18N2O3S/c1-24(21,22)17-9-5-8-15(12-17)18(14-6-3-2-4-7-14)19-13-16-10-11-23-20-16/h2-12,18-19H,13H2,1H3. The van der Waals surface area contributed by atoms with Gasteiger partial charge in [0, 0.05) is 18.9 Å². The van der Waals surface area contributed by atoms with Gasteiger partial charge in [-0.1, -0.05) is 47.6 Å². The molecule has 0 amide bonds. The molecule has 1 unspecified atom stereocenters. The molecule has 5 nitrogen and oxygen atoms in total. The first-order valence-electron chi connectivity index (χ1n) is 7.51. The van der Waals surface area contributed by atoms with Gasteiger partial charge in [-0.15, -0.1) is 0 Å². The number of nitrogens with zero attached hydrogens (tertiary/aromatic N) is 1. The van der Waals surface area contributed by atoms with Crippen LogP contribution in [0.4, 0.5) is 0 Å². The lowest BCUT2D eigenvalue weighted by Crippen LogP contribution is -2.22. The summed E-state index contributed by atoms with van der Waals surface area (Å²) in [6.45, 7) is 0.513. The van der Waals surface area contributed by atoms with Crippen molar-refractivity contribution in [3.63, 3.8) is 0 Å². The van der Waals surface area contributed by atoms with Gasteiger partial charge in [-0.3, -0.25) is 0 Å². The minimum atomic E-state index is -3.25. The Labute approximate surface area is 141 Å². The van der Waals surface area contributed by atoms with Gasteiger partial charge in [-0.05, 0) is 23.3 Å². The topological polar surface area (TPSA) is 72.2 Å². The van der Waals surface area contributed by atoms with Gasteiger partial charge < -0.3 is 9.84 Å². The summed E-state index contributed by atoms with van der Waals surface area (Å²) in [5.74, 6) is 0. The predicted molar refractivity (Wildman–Crippen MR) is 91.2 cm³/mol. The summed E-state index contributed by atoms with van der Waals surface area (Å²) in [7, 11) is -3.25. The van der Waals surface area contributed by atoms with Crippen LogP contribution < -0.4 is 5.32 Å². The molecule has 0 aliphatic carbocycles. The molecule has 3 aromatic rings. The third kappa shape index (κ3) is 3.90. The van der Waals surface area contributed by atoms with Crippen molar-refractivity contribution in [1.82, 2.24) is 10.5 Å². The van der Waals surface area contributed by atoms with Gasteiger partial charge >= 0.3 is 0 Å². The normalized spacial score (nSPS) is 12.9. The maximum Gasteiger partial charge on any atom is 0.175 e. The highest BCUT2D eigenvalue weighted by Crippen LogP contribution is 2.24. The van der Waals surface area contributed by atoms with Crippen molar-refractivity contribution in [3.8, 4) is 0 Å². The first-order chi connectivity index (χ1) is 11.5.